The van der Waals surface area contributed by atoms with Crippen molar-refractivity contribution < 1.29 is 0 Å². The van der Waals surface area contributed by atoms with Crippen molar-refractivity contribution >= 4 is 63.0 Å². The zero-order valence-electron chi connectivity index (χ0n) is 30.7. The van der Waals surface area contributed by atoms with Crippen molar-refractivity contribution in [2.75, 3.05) is 0 Å². The largest absolute Gasteiger partial charge is 0.255 e. The van der Waals surface area contributed by atoms with Gasteiger partial charge in [0, 0.05) is 68.8 Å². The molecule has 258 valence electrons. The Kier molecular flexibility index (Phi) is 6.93. The van der Waals surface area contributed by atoms with Crippen LogP contribution >= 0.6 is 22.7 Å². The van der Waals surface area contributed by atoms with E-state index in [1.807, 2.05) is 6.20 Å². The first kappa shape index (κ1) is 32.4. The van der Waals surface area contributed by atoms with Crippen LogP contribution in [0.15, 0.2) is 121 Å². The van der Waals surface area contributed by atoms with Crippen LogP contribution in [0.4, 0.5) is 0 Å². The summed E-state index contributed by atoms with van der Waals surface area (Å²) in [6, 6.07) is 41.2. The summed E-state index contributed by atoms with van der Waals surface area (Å²) in [7, 11) is 0. The molecule has 1 aliphatic carbocycles. The molecule has 0 amide bonds. The van der Waals surface area contributed by atoms with E-state index < -0.39 is 0 Å². The van der Waals surface area contributed by atoms with Gasteiger partial charge in [0.1, 0.15) is 0 Å². The molecule has 6 heteroatoms. The highest BCUT2D eigenvalue weighted by Crippen LogP contribution is 2.61. The maximum atomic E-state index is 5.25. The Balaban J connectivity index is 1.13. The number of hydrogen-bond acceptors (Lipinski definition) is 6. The van der Waals surface area contributed by atoms with Crippen LogP contribution < -0.4 is 0 Å². The van der Waals surface area contributed by atoms with Gasteiger partial charge in [0.15, 0.2) is 17.5 Å². The number of pyridine rings is 1. The van der Waals surface area contributed by atoms with Gasteiger partial charge >= 0.3 is 0 Å². The Labute approximate surface area is 317 Å². The molecule has 4 aromatic heterocycles. The smallest absolute Gasteiger partial charge is 0.165 e. The van der Waals surface area contributed by atoms with Gasteiger partial charge in [-0.1, -0.05) is 114 Å². The van der Waals surface area contributed by atoms with E-state index in [0.717, 1.165) is 27.9 Å². The molecule has 1 aliphatic rings. The lowest BCUT2D eigenvalue weighted by Gasteiger charge is -2.44. The standard InChI is InChI=1S/C47H38N4S2/c1-45(2)35-23-21-27(25-36(35)46(3,4)47(45,5)6)37-24-22-28(26-48-37)42-49-43(33-17-11-15-31-29-13-7-9-19-38(29)52-40(31)33)51-44(50-42)34-18-12-16-32-30-14-8-10-20-39(30)53-41(32)34/h7-26H,1-6H3. The quantitative estimate of drug-likeness (QED) is 0.181. The minimum Gasteiger partial charge on any atom is -0.255 e. The fourth-order valence-corrected chi connectivity index (χ4v) is 10.9. The lowest BCUT2D eigenvalue weighted by Crippen LogP contribution is -2.42. The number of thiophene rings is 2. The summed E-state index contributed by atoms with van der Waals surface area (Å²) in [6.07, 6.45) is 1.92. The SMILES string of the molecule is CC1(C)c2ccc(-c3ccc(-c4nc(-c5cccc6c5sc5ccccc56)nc(-c5cccc6c5sc5ccccc56)n4)cn3)cc2C(C)(C)C1(C)C. The third kappa shape index (κ3) is 4.65. The first-order valence-electron chi connectivity index (χ1n) is 18.2. The van der Waals surface area contributed by atoms with Crippen molar-refractivity contribution in [1.82, 2.24) is 19.9 Å². The average molecular weight is 723 g/mol. The molecule has 0 atom stereocenters. The van der Waals surface area contributed by atoms with Crippen LogP contribution in [0.1, 0.15) is 52.7 Å². The summed E-state index contributed by atoms with van der Waals surface area (Å²) in [5, 5.41) is 4.93. The van der Waals surface area contributed by atoms with Crippen molar-refractivity contribution in [3.05, 3.63) is 133 Å². The predicted octanol–water partition coefficient (Wildman–Crippen LogP) is 13.3. The molecule has 0 fully saturated rings. The van der Waals surface area contributed by atoms with Gasteiger partial charge in [-0.2, -0.15) is 0 Å². The highest BCUT2D eigenvalue weighted by molar-refractivity contribution is 7.26. The number of benzene rings is 5. The van der Waals surface area contributed by atoms with Crippen LogP contribution in [-0.2, 0) is 10.8 Å². The van der Waals surface area contributed by atoms with E-state index in [-0.39, 0.29) is 16.2 Å². The highest BCUT2D eigenvalue weighted by atomic mass is 32.1. The van der Waals surface area contributed by atoms with Gasteiger partial charge < -0.3 is 0 Å². The molecule has 53 heavy (non-hydrogen) atoms. The normalized spacial score (nSPS) is 15.8. The topological polar surface area (TPSA) is 51.6 Å². The second-order valence-corrected chi connectivity index (χ2v) is 18.0. The van der Waals surface area contributed by atoms with E-state index in [2.05, 4.69) is 157 Å². The molecule has 0 N–H and O–H groups in total. The summed E-state index contributed by atoms with van der Waals surface area (Å²) < 4.78 is 4.86. The van der Waals surface area contributed by atoms with Crippen molar-refractivity contribution in [2.45, 2.75) is 52.4 Å². The Hall–Kier alpha value is -5.30. The first-order valence-corrected chi connectivity index (χ1v) is 19.9. The number of aromatic nitrogens is 4. The molecule has 4 nitrogen and oxygen atoms in total. The van der Waals surface area contributed by atoms with Crippen molar-refractivity contribution in [3.63, 3.8) is 0 Å². The molecule has 4 heterocycles. The van der Waals surface area contributed by atoms with Gasteiger partial charge in [0.05, 0.1) is 5.69 Å². The van der Waals surface area contributed by atoms with Crippen LogP contribution in [-0.4, -0.2) is 19.9 Å². The number of fused-ring (bicyclic) bond motifs is 7. The average Bonchev–Trinajstić information content (AvgIpc) is 3.78. The number of rotatable bonds is 4. The van der Waals surface area contributed by atoms with Crippen LogP contribution in [0, 0.1) is 5.41 Å². The lowest BCUT2D eigenvalue weighted by atomic mass is 9.59. The van der Waals surface area contributed by atoms with Crippen LogP contribution in [0.2, 0.25) is 0 Å². The summed E-state index contributed by atoms with van der Waals surface area (Å²) >= 11 is 3.58. The highest BCUT2D eigenvalue weighted by Gasteiger charge is 2.56. The summed E-state index contributed by atoms with van der Waals surface area (Å²) in [5.74, 6) is 1.93. The Morgan fingerprint density at radius 1 is 0.453 bits per heavy atom. The number of hydrogen-bond donors (Lipinski definition) is 0. The zero-order valence-corrected chi connectivity index (χ0v) is 32.3. The van der Waals surface area contributed by atoms with Crippen LogP contribution in [0.25, 0.3) is 85.8 Å². The Morgan fingerprint density at radius 3 is 1.53 bits per heavy atom. The Morgan fingerprint density at radius 2 is 0.962 bits per heavy atom. The summed E-state index contributed by atoms with van der Waals surface area (Å²) in [5.41, 5.74) is 7.97. The predicted molar refractivity (Wildman–Crippen MR) is 225 cm³/mol. The fourth-order valence-electron chi connectivity index (χ4n) is 8.51. The van der Waals surface area contributed by atoms with Gasteiger partial charge in [-0.3, -0.25) is 4.98 Å². The summed E-state index contributed by atoms with van der Waals surface area (Å²) in [6.45, 7) is 14.3. The maximum absolute atomic E-state index is 5.25. The number of nitrogens with zero attached hydrogens (tertiary/aromatic N) is 4. The first-order chi connectivity index (χ1) is 25.5. The van der Waals surface area contributed by atoms with E-state index in [0.29, 0.717) is 17.5 Å². The van der Waals surface area contributed by atoms with Crippen LogP contribution in [0.3, 0.4) is 0 Å². The van der Waals surface area contributed by atoms with Gasteiger partial charge in [-0.05, 0) is 69.8 Å². The van der Waals surface area contributed by atoms with E-state index in [1.165, 1.54) is 51.5 Å². The molecule has 0 aliphatic heterocycles. The summed E-state index contributed by atoms with van der Waals surface area (Å²) in [4.78, 5) is 20.7. The van der Waals surface area contributed by atoms with E-state index >= 15 is 0 Å². The van der Waals surface area contributed by atoms with E-state index in [1.54, 1.807) is 22.7 Å². The van der Waals surface area contributed by atoms with Crippen LogP contribution in [0.5, 0.6) is 0 Å². The molecule has 0 saturated heterocycles. The molecule has 0 spiro atoms. The molecular formula is C47H38N4S2. The van der Waals surface area contributed by atoms with Crippen molar-refractivity contribution in [1.29, 1.82) is 0 Å². The van der Waals surface area contributed by atoms with Gasteiger partial charge in [-0.15, -0.1) is 22.7 Å². The molecule has 0 saturated carbocycles. The van der Waals surface area contributed by atoms with E-state index in [9.17, 15) is 0 Å². The van der Waals surface area contributed by atoms with Crippen molar-refractivity contribution in [3.8, 4) is 45.4 Å². The molecule has 0 unspecified atom stereocenters. The third-order valence-electron chi connectivity index (χ3n) is 12.7. The van der Waals surface area contributed by atoms with Gasteiger partial charge in [0.2, 0.25) is 0 Å². The second-order valence-electron chi connectivity index (χ2n) is 15.9. The molecular weight excluding hydrogens is 685 g/mol. The molecule has 9 aromatic rings. The Bertz CT molecular complexity index is 2800. The van der Waals surface area contributed by atoms with E-state index in [4.69, 9.17) is 19.9 Å². The van der Waals surface area contributed by atoms with Gasteiger partial charge in [-0.25, -0.2) is 15.0 Å². The zero-order chi connectivity index (χ0) is 36.3. The molecule has 10 rings (SSSR count). The minimum absolute atomic E-state index is 0.0218. The van der Waals surface area contributed by atoms with Gasteiger partial charge in [0.25, 0.3) is 0 Å². The molecule has 0 radical (unpaired) electrons. The monoisotopic (exact) mass is 722 g/mol. The lowest BCUT2D eigenvalue weighted by molar-refractivity contribution is 0.125. The third-order valence-corrected chi connectivity index (χ3v) is 15.2. The fraction of sp³-hybridized carbons (Fsp3) is 0.191. The maximum Gasteiger partial charge on any atom is 0.165 e. The minimum atomic E-state index is 0.0218. The molecule has 5 aromatic carbocycles. The molecule has 0 bridgehead atoms. The second kappa shape index (κ2) is 11.3. The van der Waals surface area contributed by atoms with Crippen molar-refractivity contribution in [2.24, 2.45) is 5.41 Å².